The van der Waals surface area contributed by atoms with Crippen LogP contribution in [0.25, 0.3) is 11.1 Å². The van der Waals surface area contributed by atoms with Gasteiger partial charge in [-0.2, -0.15) is 0 Å². The van der Waals surface area contributed by atoms with Crippen molar-refractivity contribution < 1.29 is 73.9 Å². The number of carbonyl (C=O) groups excluding carboxylic acids is 1. The van der Waals surface area contributed by atoms with Crippen molar-refractivity contribution in [3.63, 3.8) is 0 Å². The molecule has 0 bridgehead atoms. The molecule has 0 spiro atoms. The molecule has 3 aromatic rings. The summed E-state index contributed by atoms with van der Waals surface area (Å²) in [5.74, 6) is -0.00652. The van der Waals surface area contributed by atoms with Crippen LogP contribution in [0.2, 0.25) is 0 Å². The first-order valence-corrected chi connectivity index (χ1v) is 13.4. The van der Waals surface area contributed by atoms with Crippen molar-refractivity contribution in [1.29, 1.82) is 0 Å². The summed E-state index contributed by atoms with van der Waals surface area (Å²) in [7, 11) is 0. The van der Waals surface area contributed by atoms with Crippen LogP contribution in [-0.4, -0.2) is 50.8 Å². The van der Waals surface area contributed by atoms with Crippen LogP contribution >= 0.6 is 12.6 Å². The van der Waals surface area contributed by atoms with Crippen LogP contribution in [0.4, 0.5) is 23.4 Å². The SMILES string of the molecule is Cc1c(S)c(C)c(N2CCN(C(=O)OCC3c4ccccc4-c4ccccc43)CC2)c(C)c1C[B-](F)(F)F.[K+]. The van der Waals surface area contributed by atoms with Crippen LogP contribution in [0.5, 0.6) is 0 Å². The molecular formula is C29H31BF3KN2O2S. The zero-order valence-corrected chi connectivity index (χ0v) is 26.8. The third-order valence-corrected chi connectivity index (χ3v) is 8.62. The van der Waals surface area contributed by atoms with Gasteiger partial charge < -0.3 is 27.5 Å². The monoisotopic (exact) mass is 578 g/mol. The standard InChI is InChI=1S/C29H31BF3N2O2S.K/c1-18-25(16-30(31,32)33)19(2)28(38)20(3)27(18)34-12-14-35(15-13-34)29(36)37-17-26-23-10-6-4-8-21(23)22-9-5-7-11-24(22)26;/h4-11,26,38H,12-17H2,1-3H3;/q-1;+1. The van der Waals surface area contributed by atoms with E-state index in [1.807, 2.05) is 31.2 Å². The smallest absolute Gasteiger partial charge is 0.449 e. The molecule has 1 heterocycles. The van der Waals surface area contributed by atoms with E-state index < -0.39 is 13.3 Å². The molecular weight excluding hydrogens is 547 g/mol. The average Bonchev–Trinajstić information content (AvgIpc) is 3.22. The average molecular weight is 579 g/mol. The van der Waals surface area contributed by atoms with Gasteiger partial charge in [-0.1, -0.05) is 60.4 Å². The molecule has 1 fully saturated rings. The van der Waals surface area contributed by atoms with Gasteiger partial charge in [0.1, 0.15) is 6.61 Å². The van der Waals surface area contributed by atoms with Crippen molar-refractivity contribution in [1.82, 2.24) is 4.90 Å². The van der Waals surface area contributed by atoms with Crippen molar-refractivity contribution in [2.75, 3.05) is 37.7 Å². The fourth-order valence-electron chi connectivity index (χ4n) is 6.05. The summed E-state index contributed by atoms with van der Waals surface area (Å²) in [6, 6.07) is 16.4. The van der Waals surface area contributed by atoms with E-state index in [0.717, 1.165) is 22.4 Å². The molecule has 1 amide bonds. The molecule has 39 heavy (non-hydrogen) atoms. The predicted molar refractivity (Wildman–Crippen MR) is 150 cm³/mol. The third-order valence-electron chi connectivity index (χ3n) is 7.95. The van der Waals surface area contributed by atoms with Crippen LogP contribution in [0.1, 0.15) is 39.3 Å². The molecule has 1 saturated heterocycles. The number of halogens is 3. The van der Waals surface area contributed by atoms with Gasteiger partial charge in [0.2, 0.25) is 0 Å². The second kappa shape index (κ2) is 12.2. The second-order valence-corrected chi connectivity index (χ2v) is 10.7. The Labute approximate surface area is 276 Å². The number of thiol groups is 1. The zero-order chi connectivity index (χ0) is 27.2. The van der Waals surface area contributed by atoms with Gasteiger partial charge in [0.05, 0.1) is 0 Å². The summed E-state index contributed by atoms with van der Waals surface area (Å²) >= 11 is 4.56. The summed E-state index contributed by atoms with van der Waals surface area (Å²) in [5.41, 5.74) is 7.88. The predicted octanol–water partition coefficient (Wildman–Crippen LogP) is 3.90. The van der Waals surface area contributed by atoms with Crippen molar-refractivity contribution in [3.8, 4) is 11.1 Å². The Hall–Kier alpha value is -1.43. The van der Waals surface area contributed by atoms with Crippen LogP contribution in [0, 0.1) is 20.8 Å². The first-order valence-electron chi connectivity index (χ1n) is 12.9. The summed E-state index contributed by atoms with van der Waals surface area (Å²) in [4.78, 5) is 17.4. The Morgan fingerprint density at radius 1 is 0.897 bits per heavy atom. The van der Waals surface area contributed by atoms with Crippen molar-refractivity contribution >= 4 is 31.4 Å². The largest absolute Gasteiger partial charge is 1.00 e. The van der Waals surface area contributed by atoms with Gasteiger partial charge in [0.25, 0.3) is 0 Å². The van der Waals surface area contributed by atoms with Crippen molar-refractivity contribution in [3.05, 3.63) is 81.9 Å². The van der Waals surface area contributed by atoms with Gasteiger partial charge in [0, 0.05) is 42.7 Å². The maximum Gasteiger partial charge on any atom is 1.00 e. The molecule has 0 atom stereocenters. The second-order valence-electron chi connectivity index (χ2n) is 10.2. The number of ether oxygens (including phenoxy) is 1. The van der Waals surface area contributed by atoms with E-state index in [1.54, 1.807) is 18.7 Å². The Bertz CT molecular complexity index is 1350. The van der Waals surface area contributed by atoms with Crippen molar-refractivity contribution in [2.45, 2.75) is 37.9 Å². The van der Waals surface area contributed by atoms with E-state index in [0.29, 0.717) is 47.8 Å². The minimum atomic E-state index is -4.97. The number of nitrogens with zero attached hydrogens (tertiary/aromatic N) is 2. The topological polar surface area (TPSA) is 32.8 Å². The maximum atomic E-state index is 13.4. The molecule has 1 aliphatic heterocycles. The number of fused-ring (bicyclic) bond motifs is 3. The van der Waals surface area contributed by atoms with E-state index >= 15 is 0 Å². The van der Waals surface area contributed by atoms with Crippen molar-refractivity contribution in [2.24, 2.45) is 0 Å². The first kappa shape index (κ1) is 30.5. The Balaban J connectivity index is 0.00000353. The van der Waals surface area contributed by atoms with Gasteiger partial charge in [0.15, 0.2) is 0 Å². The zero-order valence-electron chi connectivity index (χ0n) is 22.8. The molecule has 1 aliphatic carbocycles. The molecule has 0 N–H and O–H groups in total. The van der Waals surface area contributed by atoms with E-state index in [9.17, 15) is 17.7 Å². The summed E-state index contributed by atoms with van der Waals surface area (Å²) in [6.45, 7) is 2.55. The van der Waals surface area contributed by atoms with Crippen LogP contribution in [0.3, 0.4) is 0 Å². The Morgan fingerprint density at radius 2 is 1.44 bits per heavy atom. The van der Waals surface area contributed by atoms with Gasteiger partial charge in [-0.15, -0.1) is 12.6 Å². The molecule has 5 rings (SSSR count). The molecule has 200 valence electrons. The molecule has 0 unspecified atom stereocenters. The molecule has 3 aromatic carbocycles. The van der Waals surface area contributed by atoms with Gasteiger partial charge in [-0.3, -0.25) is 0 Å². The number of rotatable bonds is 5. The Morgan fingerprint density at radius 3 is 1.97 bits per heavy atom. The minimum Gasteiger partial charge on any atom is -0.449 e. The fraction of sp³-hybridized carbons (Fsp3) is 0.345. The fourth-order valence-corrected chi connectivity index (χ4v) is 6.29. The molecule has 0 radical (unpaired) electrons. The molecule has 2 aliphatic rings. The quantitative estimate of drug-likeness (QED) is 0.369. The maximum absolute atomic E-state index is 13.4. The van der Waals surface area contributed by atoms with E-state index in [-0.39, 0.29) is 70.0 Å². The van der Waals surface area contributed by atoms with Crippen LogP contribution in [-0.2, 0) is 11.1 Å². The van der Waals surface area contributed by atoms with Gasteiger partial charge in [-0.25, -0.2) is 4.79 Å². The molecule has 0 saturated carbocycles. The first-order chi connectivity index (χ1) is 18.1. The number of piperazine rings is 1. The summed E-state index contributed by atoms with van der Waals surface area (Å²) < 4.78 is 45.9. The normalized spacial score (nSPS) is 15.1. The van der Waals surface area contributed by atoms with Gasteiger partial charge >= 0.3 is 64.5 Å². The summed E-state index contributed by atoms with van der Waals surface area (Å²) in [5, 5.41) is 0. The number of carbonyl (C=O) groups is 1. The number of hydrogen-bond donors (Lipinski definition) is 1. The number of hydrogen-bond acceptors (Lipinski definition) is 4. The third kappa shape index (κ3) is 6.11. The number of benzene rings is 3. The number of anilines is 1. The van der Waals surface area contributed by atoms with E-state index in [1.165, 1.54) is 11.1 Å². The molecule has 10 heteroatoms. The van der Waals surface area contributed by atoms with Crippen LogP contribution < -0.4 is 56.3 Å². The number of amides is 1. The Kier molecular flexibility index (Phi) is 9.55. The van der Waals surface area contributed by atoms with E-state index in [4.69, 9.17) is 4.74 Å². The summed E-state index contributed by atoms with van der Waals surface area (Å²) in [6.07, 6.45) is -1.28. The van der Waals surface area contributed by atoms with E-state index in [2.05, 4.69) is 41.8 Å². The molecule has 0 aromatic heterocycles. The van der Waals surface area contributed by atoms with Gasteiger partial charge in [-0.05, 0) is 59.7 Å². The minimum absolute atomic E-state index is 0. The van der Waals surface area contributed by atoms with Crippen LogP contribution in [0.15, 0.2) is 53.4 Å². The molecule has 4 nitrogen and oxygen atoms in total.